The van der Waals surface area contributed by atoms with Crippen molar-refractivity contribution in [2.45, 2.75) is 27.4 Å². The normalized spacial score (nSPS) is 10.2. The van der Waals surface area contributed by atoms with Gasteiger partial charge in [-0.25, -0.2) is 0 Å². The number of carbonyl (C=O) groups is 1. The van der Waals surface area contributed by atoms with Crippen LogP contribution in [-0.2, 0) is 6.61 Å². The van der Waals surface area contributed by atoms with Crippen molar-refractivity contribution in [2.75, 3.05) is 6.61 Å². The van der Waals surface area contributed by atoms with E-state index in [2.05, 4.69) is 0 Å². The SMILES string of the molecule is CCOc1c(C(C)=O)ccc(OCc2ccccc2)c1C. The molecule has 0 aliphatic carbocycles. The Morgan fingerprint density at radius 1 is 1.05 bits per heavy atom. The first-order chi connectivity index (χ1) is 10.1. The summed E-state index contributed by atoms with van der Waals surface area (Å²) in [6, 6.07) is 13.6. The molecule has 0 heterocycles. The van der Waals surface area contributed by atoms with Crippen LogP contribution in [0.5, 0.6) is 11.5 Å². The second kappa shape index (κ2) is 6.93. The van der Waals surface area contributed by atoms with Gasteiger partial charge in [0.1, 0.15) is 18.1 Å². The third-order valence-corrected chi connectivity index (χ3v) is 3.26. The van der Waals surface area contributed by atoms with Crippen molar-refractivity contribution in [1.29, 1.82) is 0 Å². The van der Waals surface area contributed by atoms with Crippen LogP contribution in [0.2, 0.25) is 0 Å². The standard InChI is InChI=1S/C18H20O3/c1-4-20-18-13(2)17(11-10-16(18)14(3)19)21-12-15-8-6-5-7-9-15/h5-11H,4,12H2,1-3H3. The van der Waals surface area contributed by atoms with Gasteiger partial charge in [0.25, 0.3) is 0 Å². The number of ketones is 1. The smallest absolute Gasteiger partial charge is 0.163 e. The highest BCUT2D eigenvalue weighted by atomic mass is 16.5. The van der Waals surface area contributed by atoms with Crippen LogP contribution in [0.3, 0.4) is 0 Å². The topological polar surface area (TPSA) is 35.5 Å². The molecule has 0 aliphatic heterocycles. The van der Waals surface area contributed by atoms with Gasteiger partial charge in [-0.2, -0.15) is 0 Å². The fraction of sp³-hybridized carbons (Fsp3) is 0.278. The van der Waals surface area contributed by atoms with Crippen molar-refractivity contribution in [2.24, 2.45) is 0 Å². The van der Waals surface area contributed by atoms with E-state index in [9.17, 15) is 4.79 Å². The Hall–Kier alpha value is -2.29. The number of rotatable bonds is 6. The molecule has 0 atom stereocenters. The van der Waals surface area contributed by atoms with E-state index in [0.717, 1.165) is 16.9 Å². The Bertz CT molecular complexity index is 618. The fourth-order valence-corrected chi connectivity index (χ4v) is 2.17. The van der Waals surface area contributed by atoms with Crippen molar-refractivity contribution in [1.82, 2.24) is 0 Å². The van der Waals surface area contributed by atoms with Gasteiger partial charge >= 0.3 is 0 Å². The largest absolute Gasteiger partial charge is 0.493 e. The predicted molar refractivity (Wildman–Crippen MR) is 83.1 cm³/mol. The van der Waals surface area contributed by atoms with Crippen LogP contribution in [0.15, 0.2) is 42.5 Å². The second-order valence-electron chi connectivity index (χ2n) is 4.83. The van der Waals surface area contributed by atoms with E-state index in [1.807, 2.05) is 50.2 Å². The summed E-state index contributed by atoms with van der Waals surface area (Å²) in [6.45, 7) is 6.37. The summed E-state index contributed by atoms with van der Waals surface area (Å²) in [5, 5.41) is 0. The zero-order valence-electron chi connectivity index (χ0n) is 12.7. The van der Waals surface area contributed by atoms with Gasteiger partial charge in [-0.15, -0.1) is 0 Å². The molecule has 0 unspecified atom stereocenters. The maximum atomic E-state index is 11.7. The maximum Gasteiger partial charge on any atom is 0.163 e. The summed E-state index contributed by atoms with van der Waals surface area (Å²) in [7, 11) is 0. The van der Waals surface area contributed by atoms with Crippen LogP contribution in [0.4, 0.5) is 0 Å². The van der Waals surface area contributed by atoms with Crippen molar-refractivity contribution < 1.29 is 14.3 Å². The molecule has 0 aliphatic rings. The molecule has 0 spiro atoms. The lowest BCUT2D eigenvalue weighted by Crippen LogP contribution is -2.05. The molecule has 0 aromatic heterocycles. The van der Waals surface area contributed by atoms with Crippen LogP contribution in [0, 0.1) is 6.92 Å². The zero-order chi connectivity index (χ0) is 15.2. The summed E-state index contributed by atoms with van der Waals surface area (Å²) in [5.41, 5.74) is 2.56. The summed E-state index contributed by atoms with van der Waals surface area (Å²) in [5.74, 6) is 1.36. The first-order valence-corrected chi connectivity index (χ1v) is 7.07. The van der Waals surface area contributed by atoms with Crippen molar-refractivity contribution >= 4 is 5.78 Å². The molecule has 2 aromatic carbocycles. The summed E-state index contributed by atoms with van der Waals surface area (Å²) in [6.07, 6.45) is 0. The number of hydrogen-bond donors (Lipinski definition) is 0. The molecule has 0 saturated carbocycles. The summed E-state index contributed by atoms with van der Waals surface area (Å²) in [4.78, 5) is 11.7. The lowest BCUT2D eigenvalue weighted by atomic mass is 10.1. The quantitative estimate of drug-likeness (QED) is 0.747. The summed E-state index contributed by atoms with van der Waals surface area (Å²) < 4.78 is 11.5. The molecule has 0 N–H and O–H groups in total. The van der Waals surface area contributed by atoms with Crippen LogP contribution in [-0.4, -0.2) is 12.4 Å². The number of hydrogen-bond acceptors (Lipinski definition) is 3. The van der Waals surface area contributed by atoms with Gasteiger partial charge in [-0.05, 0) is 38.5 Å². The van der Waals surface area contributed by atoms with E-state index in [0.29, 0.717) is 24.5 Å². The minimum Gasteiger partial charge on any atom is -0.493 e. The van der Waals surface area contributed by atoms with E-state index in [-0.39, 0.29) is 5.78 Å². The van der Waals surface area contributed by atoms with Gasteiger partial charge < -0.3 is 9.47 Å². The molecule has 0 amide bonds. The second-order valence-corrected chi connectivity index (χ2v) is 4.83. The van der Waals surface area contributed by atoms with Gasteiger partial charge in [-0.1, -0.05) is 30.3 Å². The Morgan fingerprint density at radius 3 is 2.38 bits per heavy atom. The van der Waals surface area contributed by atoms with Crippen LogP contribution < -0.4 is 9.47 Å². The molecule has 0 radical (unpaired) electrons. The highest BCUT2D eigenvalue weighted by molar-refractivity contribution is 5.97. The fourth-order valence-electron chi connectivity index (χ4n) is 2.17. The summed E-state index contributed by atoms with van der Waals surface area (Å²) >= 11 is 0. The molecule has 110 valence electrons. The minimum atomic E-state index is -0.00356. The van der Waals surface area contributed by atoms with Crippen LogP contribution in [0.25, 0.3) is 0 Å². The molecular formula is C18H20O3. The van der Waals surface area contributed by atoms with E-state index in [1.165, 1.54) is 0 Å². The lowest BCUT2D eigenvalue weighted by molar-refractivity contribution is 0.101. The number of carbonyl (C=O) groups excluding carboxylic acids is 1. The highest BCUT2D eigenvalue weighted by Gasteiger charge is 2.15. The average Bonchev–Trinajstić information content (AvgIpc) is 2.49. The van der Waals surface area contributed by atoms with E-state index >= 15 is 0 Å². The van der Waals surface area contributed by atoms with E-state index < -0.39 is 0 Å². The minimum absolute atomic E-state index is 0.00356. The average molecular weight is 284 g/mol. The molecule has 0 saturated heterocycles. The predicted octanol–water partition coefficient (Wildman–Crippen LogP) is 4.18. The lowest BCUT2D eigenvalue weighted by Gasteiger charge is -2.15. The van der Waals surface area contributed by atoms with Gasteiger partial charge in [0.05, 0.1) is 12.2 Å². The van der Waals surface area contributed by atoms with Crippen LogP contribution >= 0.6 is 0 Å². The van der Waals surface area contributed by atoms with Crippen molar-refractivity contribution in [3.63, 3.8) is 0 Å². The number of ether oxygens (including phenoxy) is 2. The molecule has 0 fully saturated rings. The molecule has 3 nitrogen and oxygen atoms in total. The maximum absolute atomic E-state index is 11.7. The Labute approximate surface area is 125 Å². The van der Waals surface area contributed by atoms with Gasteiger partial charge in [0.2, 0.25) is 0 Å². The van der Waals surface area contributed by atoms with Gasteiger partial charge in [0, 0.05) is 5.56 Å². The number of Topliss-reactive ketones (excluding diaryl/α,β-unsaturated/α-hetero) is 1. The molecule has 2 rings (SSSR count). The third kappa shape index (κ3) is 3.63. The highest BCUT2D eigenvalue weighted by Crippen LogP contribution is 2.32. The van der Waals surface area contributed by atoms with Crippen molar-refractivity contribution in [3.8, 4) is 11.5 Å². The monoisotopic (exact) mass is 284 g/mol. The Morgan fingerprint density at radius 2 is 1.76 bits per heavy atom. The molecular weight excluding hydrogens is 264 g/mol. The first kappa shape index (κ1) is 15.1. The third-order valence-electron chi connectivity index (χ3n) is 3.26. The zero-order valence-corrected chi connectivity index (χ0v) is 12.7. The Balaban J connectivity index is 2.24. The Kier molecular flexibility index (Phi) is 4.99. The molecule has 0 bridgehead atoms. The van der Waals surface area contributed by atoms with E-state index in [1.54, 1.807) is 13.0 Å². The molecule has 21 heavy (non-hydrogen) atoms. The van der Waals surface area contributed by atoms with Gasteiger partial charge in [-0.3, -0.25) is 4.79 Å². The van der Waals surface area contributed by atoms with Crippen LogP contribution in [0.1, 0.15) is 35.3 Å². The number of benzene rings is 2. The molecule has 3 heteroatoms. The molecule has 2 aromatic rings. The first-order valence-electron chi connectivity index (χ1n) is 7.07. The van der Waals surface area contributed by atoms with Gasteiger partial charge in [0.15, 0.2) is 5.78 Å². The van der Waals surface area contributed by atoms with Crippen molar-refractivity contribution in [3.05, 3.63) is 59.2 Å². The van der Waals surface area contributed by atoms with E-state index in [4.69, 9.17) is 9.47 Å².